The maximum absolute atomic E-state index is 12.3. The van der Waals surface area contributed by atoms with Crippen molar-refractivity contribution in [3.8, 4) is 17.1 Å². The summed E-state index contributed by atoms with van der Waals surface area (Å²) in [5.41, 5.74) is 0.675. The van der Waals surface area contributed by atoms with Crippen LogP contribution in [0.3, 0.4) is 0 Å². The lowest BCUT2D eigenvalue weighted by molar-refractivity contribution is -0.128. The van der Waals surface area contributed by atoms with Gasteiger partial charge in [-0.25, -0.2) is 0 Å². The van der Waals surface area contributed by atoms with Crippen LogP contribution in [-0.2, 0) is 11.3 Å². The predicted molar refractivity (Wildman–Crippen MR) is 97.7 cm³/mol. The second-order valence-electron chi connectivity index (χ2n) is 5.54. The molecular weight excluding hydrogens is 354 g/mol. The van der Waals surface area contributed by atoms with Gasteiger partial charge in [-0.1, -0.05) is 54.0 Å². The summed E-state index contributed by atoms with van der Waals surface area (Å²) in [6.45, 7) is 2.00. The average Bonchev–Trinajstić information content (AvgIpc) is 3.14. The van der Waals surface area contributed by atoms with E-state index in [2.05, 4.69) is 15.5 Å². The van der Waals surface area contributed by atoms with Gasteiger partial charge < -0.3 is 14.6 Å². The topological polar surface area (TPSA) is 77.2 Å². The van der Waals surface area contributed by atoms with Gasteiger partial charge in [0.15, 0.2) is 6.10 Å². The second-order valence-corrected chi connectivity index (χ2v) is 5.94. The van der Waals surface area contributed by atoms with E-state index in [1.165, 1.54) is 0 Å². The van der Waals surface area contributed by atoms with Gasteiger partial charge in [0.2, 0.25) is 11.7 Å². The molecule has 0 saturated carbocycles. The average molecular weight is 372 g/mol. The van der Waals surface area contributed by atoms with Crippen molar-refractivity contribution in [3.63, 3.8) is 0 Å². The van der Waals surface area contributed by atoms with Crippen LogP contribution in [0.5, 0.6) is 5.75 Å². The van der Waals surface area contributed by atoms with Crippen molar-refractivity contribution >= 4 is 17.5 Å². The molecule has 0 aliphatic carbocycles. The Labute approximate surface area is 156 Å². The molecule has 1 atom stereocenters. The number of halogens is 1. The summed E-state index contributed by atoms with van der Waals surface area (Å²) in [5.74, 6) is 1.08. The number of hydrogen-bond acceptors (Lipinski definition) is 5. The van der Waals surface area contributed by atoms with Gasteiger partial charge in [-0.2, -0.15) is 4.98 Å². The van der Waals surface area contributed by atoms with E-state index in [1.54, 1.807) is 12.1 Å². The Kier molecular flexibility index (Phi) is 5.86. The SMILES string of the molecule is CC[C@H](Oc1ccccc1)C(=O)NCc1nc(-c2ccccc2Cl)no1. The van der Waals surface area contributed by atoms with Gasteiger partial charge in [-0.05, 0) is 30.7 Å². The molecule has 1 N–H and O–H groups in total. The smallest absolute Gasteiger partial charge is 0.261 e. The van der Waals surface area contributed by atoms with Gasteiger partial charge in [-0.3, -0.25) is 4.79 Å². The van der Waals surface area contributed by atoms with Crippen LogP contribution in [0.15, 0.2) is 59.1 Å². The van der Waals surface area contributed by atoms with E-state index in [0.29, 0.717) is 34.5 Å². The van der Waals surface area contributed by atoms with E-state index in [-0.39, 0.29) is 12.5 Å². The number of ether oxygens (including phenoxy) is 1. The fourth-order valence-corrected chi connectivity index (χ4v) is 2.56. The lowest BCUT2D eigenvalue weighted by Crippen LogP contribution is -2.37. The van der Waals surface area contributed by atoms with Crippen molar-refractivity contribution in [2.75, 3.05) is 0 Å². The Morgan fingerprint density at radius 3 is 2.65 bits per heavy atom. The molecule has 0 saturated heterocycles. The molecule has 7 heteroatoms. The minimum Gasteiger partial charge on any atom is -0.481 e. The van der Waals surface area contributed by atoms with Crippen LogP contribution in [-0.4, -0.2) is 22.2 Å². The number of carbonyl (C=O) groups is 1. The number of para-hydroxylation sites is 1. The van der Waals surface area contributed by atoms with Gasteiger partial charge in [0.05, 0.1) is 11.6 Å². The summed E-state index contributed by atoms with van der Waals surface area (Å²) >= 11 is 6.12. The van der Waals surface area contributed by atoms with Gasteiger partial charge >= 0.3 is 0 Å². The lowest BCUT2D eigenvalue weighted by atomic mass is 10.2. The Balaban J connectivity index is 1.60. The quantitative estimate of drug-likeness (QED) is 0.682. The predicted octanol–water partition coefficient (Wildman–Crippen LogP) is 3.86. The highest BCUT2D eigenvalue weighted by Crippen LogP contribution is 2.24. The van der Waals surface area contributed by atoms with Gasteiger partial charge in [-0.15, -0.1) is 0 Å². The van der Waals surface area contributed by atoms with Crippen molar-refractivity contribution in [2.45, 2.75) is 26.0 Å². The first kappa shape index (κ1) is 17.9. The molecule has 26 heavy (non-hydrogen) atoms. The summed E-state index contributed by atoms with van der Waals surface area (Å²) < 4.78 is 10.9. The molecule has 134 valence electrons. The zero-order valence-corrected chi connectivity index (χ0v) is 14.9. The van der Waals surface area contributed by atoms with Crippen LogP contribution in [0.25, 0.3) is 11.4 Å². The van der Waals surface area contributed by atoms with Gasteiger partial charge in [0, 0.05) is 5.56 Å². The molecule has 1 heterocycles. The molecule has 0 fully saturated rings. The summed E-state index contributed by atoms with van der Waals surface area (Å²) in [6.07, 6.45) is -0.0570. The fraction of sp³-hybridized carbons (Fsp3) is 0.211. The molecule has 0 aliphatic heterocycles. The first-order chi connectivity index (χ1) is 12.7. The zero-order chi connectivity index (χ0) is 18.4. The third kappa shape index (κ3) is 4.40. The van der Waals surface area contributed by atoms with E-state index >= 15 is 0 Å². The van der Waals surface area contributed by atoms with Gasteiger partial charge in [0.1, 0.15) is 5.75 Å². The van der Waals surface area contributed by atoms with Crippen LogP contribution < -0.4 is 10.1 Å². The summed E-state index contributed by atoms with van der Waals surface area (Å²) in [6, 6.07) is 16.4. The second kappa shape index (κ2) is 8.49. The fourth-order valence-electron chi connectivity index (χ4n) is 2.34. The Bertz CT molecular complexity index is 867. The monoisotopic (exact) mass is 371 g/mol. The molecule has 0 bridgehead atoms. The molecule has 0 unspecified atom stereocenters. The first-order valence-corrected chi connectivity index (χ1v) is 8.62. The molecule has 3 aromatic rings. The van der Waals surface area contributed by atoms with Crippen LogP contribution >= 0.6 is 11.6 Å². The summed E-state index contributed by atoms with van der Waals surface area (Å²) in [4.78, 5) is 16.6. The number of aromatic nitrogens is 2. The highest BCUT2D eigenvalue weighted by molar-refractivity contribution is 6.33. The van der Waals surface area contributed by atoms with Crippen molar-refractivity contribution in [3.05, 3.63) is 65.5 Å². The van der Waals surface area contributed by atoms with Crippen LogP contribution in [0.2, 0.25) is 5.02 Å². The minimum absolute atomic E-state index is 0.116. The van der Waals surface area contributed by atoms with E-state index < -0.39 is 6.10 Å². The number of amides is 1. The van der Waals surface area contributed by atoms with E-state index in [9.17, 15) is 4.79 Å². The third-order valence-electron chi connectivity index (χ3n) is 3.68. The third-order valence-corrected chi connectivity index (χ3v) is 4.01. The summed E-state index contributed by atoms with van der Waals surface area (Å²) in [5, 5.41) is 7.19. The van der Waals surface area contributed by atoms with Crippen molar-refractivity contribution in [1.29, 1.82) is 0 Å². The molecule has 1 amide bonds. The standard InChI is InChI=1S/C19H18ClN3O3/c1-2-16(25-13-8-4-3-5-9-13)19(24)21-12-17-22-18(23-26-17)14-10-6-7-11-15(14)20/h3-11,16H,2,12H2,1H3,(H,21,24)/t16-/m0/s1. The Hall–Kier alpha value is -2.86. The lowest BCUT2D eigenvalue weighted by Gasteiger charge is -2.16. The molecule has 0 spiro atoms. The molecule has 2 aromatic carbocycles. The maximum atomic E-state index is 12.3. The number of benzene rings is 2. The normalized spacial score (nSPS) is 11.8. The first-order valence-electron chi connectivity index (χ1n) is 8.24. The van der Waals surface area contributed by atoms with Crippen LogP contribution in [0, 0.1) is 0 Å². The van der Waals surface area contributed by atoms with Crippen LogP contribution in [0.4, 0.5) is 0 Å². The Morgan fingerprint density at radius 1 is 1.19 bits per heavy atom. The number of rotatable bonds is 7. The van der Waals surface area contributed by atoms with Crippen molar-refractivity contribution < 1.29 is 14.1 Å². The van der Waals surface area contributed by atoms with Gasteiger partial charge in [0.25, 0.3) is 5.91 Å². The van der Waals surface area contributed by atoms with E-state index in [4.69, 9.17) is 20.9 Å². The molecule has 6 nitrogen and oxygen atoms in total. The van der Waals surface area contributed by atoms with Crippen molar-refractivity contribution in [1.82, 2.24) is 15.5 Å². The number of nitrogens with zero attached hydrogens (tertiary/aromatic N) is 2. The molecule has 1 aromatic heterocycles. The molecule has 0 radical (unpaired) electrons. The largest absolute Gasteiger partial charge is 0.481 e. The van der Waals surface area contributed by atoms with Crippen molar-refractivity contribution in [2.24, 2.45) is 0 Å². The summed E-state index contributed by atoms with van der Waals surface area (Å²) in [7, 11) is 0. The molecular formula is C19H18ClN3O3. The highest BCUT2D eigenvalue weighted by Gasteiger charge is 2.19. The van der Waals surface area contributed by atoms with E-state index in [0.717, 1.165) is 0 Å². The zero-order valence-electron chi connectivity index (χ0n) is 14.2. The number of nitrogens with one attached hydrogen (secondary N) is 1. The molecule has 0 aliphatic rings. The van der Waals surface area contributed by atoms with E-state index in [1.807, 2.05) is 49.4 Å². The Morgan fingerprint density at radius 2 is 1.92 bits per heavy atom. The van der Waals surface area contributed by atoms with Crippen LogP contribution in [0.1, 0.15) is 19.2 Å². The number of hydrogen-bond donors (Lipinski definition) is 1. The minimum atomic E-state index is -0.594. The highest BCUT2D eigenvalue weighted by atomic mass is 35.5. The number of carbonyl (C=O) groups excluding carboxylic acids is 1. The molecule has 3 rings (SSSR count). The maximum Gasteiger partial charge on any atom is 0.261 e.